The van der Waals surface area contributed by atoms with E-state index in [2.05, 4.69) is 10.6 Å². The number of urea groups is 1. The summed E-state index contributed by atoms with van der Waals surface area (Å²) in [7, 11) is 0. The van der Waals surface area contributed by atoms with Gasteiger partial charge in [-0.2, -0.15) is 0 Å². The van der Waals surface area contributed by atoms with Crippen LogP contribution in [0, 0.1) is 6.92 Å². The number of thiophene rings is 1. The van der Waals surface area contributed by atoms with Crippen LogP contribution in [0.15, 0.2) is 35.7 Å². The number of aryl methyl sites for hydroxylation is 1. The predicted octanol–water partition coefficient (Wildman–Crippen LogP) is 2.51. The number of hydrogen-bond acceptors (Lipinski definition) is 3. The van der Waals surface area contributed by atoms with Gasteiger partial charge < -0.3 is 15.7 Å². The van der Waals surface area contributed by atoms with Crippen LogP contribution in [0.3, 0.4) is 0 Å². The van der Waals surface area contributed by atoms with E-state index in [-0.39, 0.29) is 12.1 Å². The number of carbonyl (C=O) groups is 1. The molecular formula is C16H18N2O2S. The van der Waals surface area contributed by atoms with Crippen molar-refractivity contribution in [1.82, 2.24) is 10.6 Å². The van der Waals surface area contributed by atoms with Crippen LogP contribution in [-0.2, 0) is 13.0 Å². The molecule has 2 unspecified atom stereocenters. The van der Waals surface area contributed by atoms with E-state index < -0.39 is 6.10 Å². The molecule has 5 heteroatoms. The lowest BCUT2D eigenvalue weighted by atomic mass is 10.1. The fourth-order valence-corrected chi connectivity index (χ4v) is 3.53. The van der Waals surface area contributed by atoms with E-state index in [1.54, 1.807) is 11.3 Å². The highest BCUT2D eigenvalue weighted by Crippen LogP contribution is 2.31. The number of hydrogen-bond donors (Lipinski definition) is 3. The largest absolute Gasteiger partial charge is 0.390 e. The zero-order valence-electron chi connectivity index (χ0n) is 11.8. The second-order valence-corrected chi connectivity index (χ2v) is 6.30. The Morgan fingerprint density at radius 1 is 1.38 bits per heavy atom. The molecule has 3 N–H and O–H groups in total. The first-order chi connectivity index (χ1) is 10.1. The fraction of sp³-hybridized carbons (Fsp3) is 0.312. The molecule has 2 amide bonds. The number of fused-ring (bicyclic) bond motifs is 1. The molecule has 1 aliphatic carbocycles. The Kier molecular flexibility index (Phi) is 3.94. The van der Waals surface area contributed by atoms with Crippen molar-refractivity contribution in [3.63, 3.8) is 0 Å². The lowest BCUT2D eigenvalue weighted by molar-refractivity contribution is 0.142. The van der Waals surface area contributed by atoms with Gasteiger partial charge in [-0.05, 0) is 35.1 Å². The summed E-state index contributed by atoms with van der Waals surface area (Å²) >= 11 is 1.63. The molecule has 1 heterocycles. The van der Waals surface area contributed by atoms with Gasteiger partial charge in [0, 0.05) is 11.3 Å². The Balaban J connectivity index is 1.61. The minimum atomic E-state index is -0.559. The van der Waals surface area contributed by atoms with E-state index >= 15 is 0 Å². The van der Waals surface area contributed by atoms with Crippen LogP contribution in [0.25, 0.3) is 0 Å². The van der Waals surface area contributed by atoms with Crippen LogP contribution in [0.4, 0.5) is 4.79 Å². The van der Waals surface area contributed by atoms with E-state index in [1.807, 2.05) is 42.6 Å². The molecule has 0 radical (unpaired) electrons. The maximum absolute atomic E-state index is 12.0. The van der Waals surface area contributed by atoms with Gasteiger partial charge in [-0.15, -0.1) is 11.3 Å². The van der Waals surface area contributed by atoms with Gasteiger partial charge in [0.25, 0.3) is 0 Å². The first kappa shape index (κ1) is 14.1. The second kappa shape index (κ2) is 5.87. The quantitative estimate of drug-likeness (QED) is 0.816. The summed E-state index contributed by atoms with van der Waals surface area (Å²) < 4.78 is 0. The molecule has 1 aromatic carbocycles. The standard InChI is InChI=1S/C16H18N2O2S/c1-10-6-7-21-14(10)9-17-16(20)18-15-12-5-3-2-4-11(12)8-13(15)19/h2-7,13,15,19H,8-9H2,1H3,(H2,17,18,20). The van der Waals surface area contributed by atoms with Crippen molar-refractivity contribution in [1.29, 1.82) is 0 Å². The maximum Gasteiger partial charge on any atom is 0.315 e. The molecule has 0 fully saturated rings. The van der Waals surface area contributed by atoms with Gasteiger partial charge in [-0.25, -0.2) is 4.79 Å². The summed E-state index contributed by atoms with van der Waals surface area (Å²) in [5.74, 6) is 0. The van der Waals surface area contributed by atoms with Crippen LogP contribution in [0.1, 0.15) is 27.6 Å². The van der Waals surface area contributed by atoms with Gasteiger partial charge >= 0.3 is 6.03 Å². The third kappa shape index (κ3) is 2.94. The van der Waals surface area contributed by atoms with E-state index in [1.165, 1.54) is 5.56 Å². The Labute approximate surface area is 127 Å². The monoisotopic (exact) mass is 302 g/mol. The number of carbonyl (C=O) groups excluding carboxylic acids is 1. The maximum atomic E-state index is 12.0. The van der Waals surface area contributed by atoms with Crippen molar-refractivity contribution in [3.05, 3.63) is 57.3 Å². The molecule has 0 aliphatic heterocycles. The van der Waals surface area contributed by atoms with E-state index in [9.17, 15) is 9.90 Å². The molecule has 110 valence electrons. The molecular weight excluding hydrogens is 284 g/mol. The molecule has 1 aromatic heterocycles. The average molecular weight is 302 g/mol. The molecule has 21 heavy (non-hydrogen) atoms. The smallest absolute Gasteiger partial charge is 0.315 e. The summed E-state index contributed by atoms with van der Waals surface area (Å²) in [4.78, 5) is 13.2. The summed E-state index contributed by atoms with van der Waals surface area (Å²) in [5.41, 5.74) is 3.29. The molecule has 2 atom stereocenters. The third-order valence-electron chi connectivity index (χ3n) is 3.87. The summed E-state index contributed by atoms with van der Waals surface area (Å²) in [5, 5.41) is 17.9. The van der Waals surface area contributed by atoms with Gasteiger partial charge in [0.2, 0.25) is 0 Å². The molecule has 4 nitrogen and oxygen atoms in total. The Hall–Kier alpha value is -1.85. The van der Waals surface area contributed by atoms with Crippen molar-refractivity contribution < 1.29 is 9.90 Å². The number of nitrogens with one attached hydrogen (secondary N) is 2. The van der Waals surface area contributed by atoms with Crippen LogP contribution >= 0.6 is 11.3 Å². The molecule has 1 aliphatic rings. The number of amides is 2. The Morgan fingerprint density at radius 2 is 2.19 bits per heavy atom. The van der Waals surface area contributed by atoms with Crippen molar-refractivity contribution in [2.75, 3.05) is 0 Å². The van der Waals surface area contributed by atoms with E-state index in [0.717, 1.165) is 16.0 Å². The highest BCUT2D eigenvalue weighted by atomic mass is 32.1. The molecule has 0 spiro atoms. The van der Waals surface area contributed by atoms with Crippen LogP contribution < -0.4 is 10.6 Å². The number of aliphatic hydroxyl groups excluding tert-OH is 1. The molecule has 3 rings (SSSR count). The highest BCUT2D eigenvalue weighted by Gasteiger charge is 2.31. The third-order valence-corrected chi connectivity index (χ3v) is 4.89. The van der Waals surface area contributed by atoms with Gasteiger partial charge in [0.05, 0.1) is 18.7 Å². The van der Waals surface area contributed by atoms with Crippen molar-refractivity contribution >= 4 is 17.4 Å². The fourth-order valence-electron chi connectivity index (χ4n) is 2.69. The van der Waals surface area contributed by atoms with Gasteiger partial charge in [0.1, 0.15) is 0 Å². The van der Waals surface area contributed by atoms with Gasteiger partial charge in [-0.1, -0.05) is 24.3 Å². The zero-order chi connectivity index (χ0) is 14.8. The number of rotatable bonds is 3. The minimum absolute atomic E-state index is 0.247. The lowest BCUT2D eigenvalue weighted by Crippen LogP contribution is -2.40. The van der Waals surface area contributed by atoms with Crippen molar-refractivity contribution in [2.24, 2.45) is 0 Å². The van der Waals surface area contributed by atoms with E-state index in [4.69, 9.17) is 0 Å². The number of benzene rings is 1. The topological polar surface area (TPSA) is 61.4 Å². The molecule has 0 saturated heterocycles. The summed E-state index contributed by atoms with van der Waals surface area (Å²) in [6.07, 6.45) is 0.0298. The Bertz CT molecular complexity index is 653. The zero-order valence-corrected chi connectivity index (χ0v) is 12.6. The first-order valence-electron chi connectivity index (χ1n) is 6.98. The van der Waals surface area contributed by atoms with Crippen molar-refractivity contribution in [2.45, 2.75) is 32.0 Å². The SMILES string of the molecule is Cc1ccsc1CNC(=O)NC1c2ccccc2CC1O. The molecule has 2 aromatic rings. The summed E-state index contributed by atoms with van der Waals surface area (Å²) in [6.45, 7) is 2.54. The second-order valence-electron chi connectivity index (χ2n) is 5.30. The molecule has 0 bridgehead atoms. The normalized spacial score (nSPS) is 20.1. The van der Waals surface area contributed by atoms with E-state index in [0.29, 0.717) is 13.0 Å². The van der Waals surface area contributed by atoms with Gasteiger partial charge in [0.15, 0.2) is 0 Å². The lowest BCUT2D eigenvalue weighted by Gasteiger charge is -2.18. The minimum Gasteiger partial charge on any atom is -0.390 e. The van der Waals surface area contributed by atoms with Crippen LogP contribution in [0.2, 0.25) is 0 Å². The number of aliphatic hydroxyl groups is 1. The predicted molar refractivity (Wildman–Crippen MR) is 83.3 cm³/mol. The van der Waals surface area contributed by atoms with Gasteiger partial charge in [-0.3, -0.25) is 0 Å². The highest BCUT2D eigenvalue weighted by molar-refractivity contribution is 7.10. The van der Waals surface area contributed by atoms with Crippen LogP contribution in [0.5, 0.6) is 0 Å². The van der Waals surface area contributed by atoms with Crippen molar-refractivity contribution in [3.8, 4) is 0 Å². The molecule has 0 saturated carbocycles. The first-order valence-corrected chi connectivity index (χ1v) is 7.86. The average Bonchev–Trinajstić information content (AvgIpc) is 3.01. The van der Waals surface area contributed by atoms with Crippen LogP contribution in [-0.4, -0.2) is 17.2 Å². The Morgan fingerprint density at radius 3 is 2.95 bits per heavy atom. The summed E-state index contributed by atoms with van der Waals surface area (Å²) in [6, 6.07) is 9.30.